The molecular formula is C17H19BrFNO. The summed E-state index contributed by atoms with van der Waals surface area (Å²) in [4.78, 5) is 0. The van der Waals surface area contributed by atoms with Gasteiger partial charge >= 0.3 is 0 Å². The third kappa shape index (κ3) is 2.97. The molecule has 0 aliphatic rings. The van der Waals surface area contributed by atoms with Gasteiger partial charge in [-0.3, -0.25) is 0 Å². The maximum Gasteiger partial charge on any atom is 0.128 e. The Labute approximate surface area is 133 Å². The van der Waals surface area contributed by atoms with Gasteiger partial charge in [0.1, 0.15) is 11.6 Å². The number of hydrogen-bond acceptors (Lipinski definition) is 2. The lowest BCUT2D eigenvalue weighted by Crippen LogP contribution is -2.21. The SMILES string of the molecule is CNC(c1ccccc1F)c1c(C)c(Br)cc(C)c1OC. The normalized spacial score (nSPS) is 12.3. The van der Waals surface area contributed by atoms with Gasteiger partial charge < -0.3 is 10.1 Å². The number of aryl methyl sites for hydroxylation is 1. The molecule has 0 spiro atoms. The van der Waals surface area contributed by atoms with Crippen molar-refractivity contribution < 1.29 is 9.13 Å². The summed E-state index contributed by atoms with van der Waals surface area (Å²) in [5, 5.41) is 3.20. The fraction of sp³-hybridized carbons (Fsp3) is 0.294. The highest BCUT2D eigenvalue weighted by Gasteiger charge is 2.24. The van der Waals surface area contributed by atoms with Gasteiger partial charge in [-0.15, -0.1) is 0 Å². The Bertz CT molecular complexity index is 657. The van der Waals surface area contributed by atoms with E-state index in [0.717, 1.165) is 26.9 Å². The van der Waals surface area contributed by atoms with Gasteiger partial charge in [-0.2, -0.15) is 0 Å². The number of hydrogen-bond donors (Lipinski definition) is 1. The molecule has 112 valence electrons. The van der Waals surface area contributed by atoms with Crippen LogP contribution in [0.15, 0.2) is 34.8 Å². The molecule has 0 aliphatic carbocycles. The number of rotatable bonds is 4. The second-order valence-corrected chi connectivity index (χ2v) is 5.84. The van der Waals surface area contributed by atoms with Crippen LogP contribution in [-0.4, -0.2) is 14.2 Å². The van der Waals surface area contributed by atoms with Gasteiger partial charge in [0.15, 0.2) is 0 Å². The van der Waals surface area contributed by atoms with E-state index < -0.39 is 0 Å². The van der Waals surface area contributed by atoms with Crippen LogP contribution in [0.2, 0.25) is 0 Å². The van der Waals surface area contributed by atoms with Gasteiger partial charge in [-0.05, 0) is 44.2 Å². The lowest BCUT2D eigenvalue weighted by atomic mass is 9.92. The Hall–Kier alpha value is -1.39. The number of halogens is 2. The number of ether oxygens (including phenoxy) is 1. The van der Waals surface area contributed by atoms with Crippen LogP contribution >= 0.6 is 15.9 Å². The Kier molecular flexibility index (Phi) is 5.01. The minimum atomic E-state index is -0.266. The van der Waals surface area contributed by atoms with E-state index in [0.29, 0.717) is 5.56 Å². The minimum absolute atomic E-state index is 0.226. The van der Waals surface area contributed by atoms with Crippen molar-refractivity contribution in [3.8, 4) is 5.75 Å². The molecule has 4 heteroatoms. The summed E-state index contributed by atoms with van der Waals surface area (Å²) < 4.78 is 20.8. The molecule has 0 bridgehead atoms. The third-order valence-corrected chi connectivity index (χ3v) is 4.53. The van der Waals surface area contributed by atoms with Gasteiger partial charge in [-0.25, -0.2) is 4.39 Å². The molecule has 0 amide bonds. The molecule has 2 rings (SSSR count). The average molecular weight is 352 g/mol. The lowest BCUT2D eigenvalue weighted by molar-refractivity contribution is 0.400. The first-order chi connectivity index (χ1) is 10.0. The molecular weight excluding hydrogens is 333 g/mol. The summed E-state index contributed by atoms with van der Waals surface area (Å²) in [6.07, 6.45) is 0. The second kappa shape index (κ2) is 6.58. The van der Waals surface area contributed by atoms with Gasteiger partial charge in [0.25, 0.3) is 0 Å². The van der Waals surface area contributed by atoms with Crippen molar-refractivity contribution in [2.24, 2.45) is 0 Å². The van der Waals surface area contributed by atoms with E-state index in [4.69, 9.17) is 4.74 Å². The zero-order valence-electron chi connectivity index (χ0n) is 12.6. The van der Waals surface area contributed by atoms with Crippen LogP contribution in [0.5, 0.6) is 5.75 Å². The molecule has 0 fully saturated rings. The quantitative estimate of drug-likeness (QED) is 0.873. The first kappa shape index (κ1) is 16.0. The van der Waals surface area contributed by atoms with E-state index >= 15 is 0 Å². The van der Waals surface area contributed by atoms with Crippen LogP contribution in [0.25, 0.3) is 0 Å². The summed E-state index contributed by atoms with van der Waals surface area (Å²) in [5.41, 5.74) is 3.62. The van der Waals surface area contributed by atoms with Crippen LogP contribution in [0.3, 0.4) is 0 Å². The fourth-order valence-corrected chi connectivity index (χ4v) is 3.22. The number of benzene rings is 2. The monoisotopic (exact) mass is 351 g/mol. The molecule has 0 aliphatic heterocycles. The maximum absolute atomic E-state index is 14.2. The zero-order valence-corrected chi connectivity index (χ0v) is 14.2. The Morgan fingerprint density at radius 2 is 1.90 bits per heavy atom. The van der Waals surface area contributed by atoms with Gasteiger partial charge in [-0.1, -0.05) is 34.1 Å². The molecule has 2 nitrogen and oxygen atoms in total. The van der Waals surface area contributed by atoms with Crippen LogP contribution in [0.4, 0.5) is 4.39 Å². The zero-order chi connectivity index (χ0) is 15.6. The molecule has 0 heterocycles. The van der Waals surface area contributed by atoms with Crippen molar-refractivity contribution in [2.45, 2.75) is 19.9 Å². The molecule has 0 aromatic heterocycles. The van der Waals surface area contributed by atoms with Crippen molar-refractivity contribution in [3.05, 3.63) is 62.9 Å². The number of methoxy groups -OCH3 is 1. The van der Waals surface area contributed by atoms with E-state index in [1.807, 2.05) is 33.0 Å². The van der Waals surface area contributed by atoms with Gasteiger partial charge in [0.05, 0.1) is 13.2 Å². The Morgan fingerprint density at radius 1 is 1.24 bits per heavy atom. The predicted octanol–water partition coefficient (Wildman–Crippen LogP) is 4.52. The van der Waals surface area contributed by atoms with E-state index in [9.17, 15) is 4.39 Å². The molecule has 2 aromatic rings. The highest BCUT2D eigenvalue weighted by molar-refractivity contribution is 9.10. The lowest BCUT2D eigenvalue weighted by Gasteiger charge is -2.24. The largest absolute Gasteiger partial charge is 0.496 e. The van der Waals surface area contributed by atoms with E-state index in [1.54, 1.807) is 19.2 Å². The van der Waals surface area contributed by atoms with Crippen molar-refractivity contribution in [1.82, 2.24) is 5.32 Å². The predicted molar refractivity (Wildman–Crippen MR) is 87.5 cm³/mol. The van der Waals surface area contributed by atoms with Gasteiger partial charge in [0, 0.05) is 15.6 Å². The second-order valence-electron chi connectivity index (χ2n) is 4.99. The molecule has 1 atom stereocenters. The minimum Gasteiger partial charge on any atom is -0.496 e. The summed E-state index contributed by atoms with van der Waals surface area (Å²) in [6.45, 7) is 3.99. The summed E-state index contributed by atoms with van der Waals surface area (Å²) in [6, 6.07) is 8.57. The van der Waals surface area contributed by atoms with Crippen molar-refractivity contribution in [2.75, 3.05) is 14.2 Å². The fourth-order valence-electron chi connectivity index (χ4n) is 2.66. The molecule has 1 N–H and O–H groups in total. The van der Waals surface area contributed by atoms with Crippen LogP contribution in [0, 0.1) is 19.7 Å². The number of nitrogens with one attached hydrogen (secondary N) is 1. The molecule has 0 saturated carbocycles. The van der Waals surface area contributed by atoms with Crippen molar-refractivity contribution >= 4 is 15.9 Å². The van der Waals surface area contributed by atoms with Gasteiger partial charge in [0.2, 0.25) is 0 Å². The maximum atomic E-state index is 14.2. The van der Waals surface area contributed by atoms with Crippen LogP contribution in [-0.2, 0) is 0 Å². The smallest absolute Gasteiger partial charge is 0.128 e. The van der Waals surface area contributed by atoms with E-state index in [-0.39, 0.29) is 11.9 Å². The highest BCUT2D eigenvalue weighted by Crippen LogP contribution is 2.39. The van der Waals surface area contributed by atoms with E-state index in [2.05, 4.69) is 21.2 Å². The Balaban J connectivity index is 2.71. The van der Waals surface area contributed by atoms with Crippen LogP contribution in [0.1, 0.15) is 28.3 Å². The topological polar surface area (TPSA) is 21.3 Å². The Morgan fingerprint density at radius 3 is 2.48 bits per heavy atom. The van der Waals surface area contributed by atoms with Crippen molar-refractivity contribution in [1.29, 1.82) is 0 Å². The first-order valence-corrected chi connectivity index (χ1v) is 7.55. The molecule has 2 aromatic carbocycles. The first-order valence-electron chi connectivity index (χ1n) is 6.76. The van der Waals surface area contributed by atoms with E-state index in [1.165, 1.54) is 6.07 Å². The average Bonchev–Trinajstić information content (AvgIpc) is 2.46. The summed E-state index contributed by atoms with van der Waals surface area (Å²) in [5.74, 6) is 0.564. The molecule has 1 unspecified atom stereocenters. The summed E-state index contributed by atoms with van der Waals surface area (Å²) >= 11 is 3.57. The molecule has 21 heavy (non-hydrogen) atoms. The third-order valence-electron chi connectivity index (χ3n) is 3.71. The van der Waals surface area contributed by atoms with Crippen LogP contribution < -0.4 is 10.1 Å². The molecule has 0 radical (unpaired) electrons. The highest BCUT2D eigenvalue weighted by atomic mass is 79.9. The standard InChI is InChI=1S/C17H19BrFNO/c1-10-9-13(18)11(2)15(17(10)21-4)16(20-3)12-7-5-6-8-14(12)19/h5-9,16,20H,1-4H3. The molecule has 0 saturated heterocycles. The summed E-state index contributed by atoms with van der Waals surface area (Å²) in [7, 11) is 3.47. The van der Waals surface area contributed by atoms with Crippen molar-refractivity contribution in [3.63, 3.8) is 0 Å².